The zero-order chi connectivity index (χ0) is 13.7. The van der Waals surface area contributed by atoms with Gasteiger partial charge in [-0.15, -0.1) is 0 Å². The van der Waals surface area contributed by atoms with Crippen molar-refractivity contribution in [1.82, 2.24) is 0 Å². The van der Waals surface area contributed by atoms with E-state index in [1.807, 2.05) is 0 Å². The highest BCUT2D eigenvalue weighted by Gasteiger charge is 2.21. The Morgan fingerprint density at radius 1 is 1.67 bits per heavy atom. The van der Waals surface area contributed by atoms with Crippen molar-refractivity contribution < 1.29 is 10.0 Å². The van der Waals surface area contributed by atoms with Gasteiger partial charge in [-0.2, -0.15) is 0 Å². The molecule has 1 aromatic carbocycles. The van der Waals surface area contributed by atoms with Gasteiger partial charge in [0.1, 0.15) is 0 Å². The van der Waals surface area contributed by atoms with E-state index in [0.29, 0.717) is 17.1 Å². The fourth-order valence-electron chi connectivity index (χ4n) is 1.41. The first-order valence-corrected chi connectivity index (χ1v) is 6.68. The molecule has 0 spiro atoms. The van der Waals surface area contributed by atoms with Gasteiger partial charge in [0.25, 0.3) is 0 Å². The van der Waals surface area contributed by atoms with Gasteiger partial charge >= 0.3 is 0 Å². The Bertz CT molecular complexity index is 479. The summed E-state index contributed by atoms with van der Waals surface area (Å²) in [6.07, 6.45) is 0.450. The Labute approximate surface area is 124 Å². The number of halogens is 2. The maximum atomic E-state index is 12.0. The van der Waals surface area contributed by atoms with Crippen LogP contribution in [0.2, 0.25) is 5.02 Å². The standard InChI is InChI=1S/C11H13ClIN3O2/c1-2-7(10(14)16-18)11(17)15-9-4-3-6(12)5-8(9)13/h3-5,7,18H,2H2,1H3,(H2,14,16)(H,15,17). The third-order valence-electron chi connectivity index (χ3n) is 2.39. The topological polar surface area (TPSA) is 87.7 Å². The molecule has 0 heterocycles. The number of rotatable bonds is 4. The van der Waals surface area contributed by atoms with Gasteiger partial charge in [0.05, 0.1) is 11.6 Å². The molecule has 1 aromatic rings. The molecule has 1 unspecified atom stereocenters. The molecule has 0 aromatic heterocycles. The summed E-state index contributed by atoms with van der Waals surface area (Å²) in [7, 11) is 0. The number of oxime groups is 1. The van der Waals surface area contributed by atoms with Crippen LogP contribution in [0.1, 0.15) is 13.3 Å². The lowest BCUT2D eigenvalue weighted by molar-refractivity contribution is -0.118. The first-order valence-electron chi connectivity index (χ1n) is 5.23. The lowest BCUT2D eigenvalue weighted by Gasteiger charge is -2.14. The zero-order valence-electron chi connectivity index (χ0n) is 9.65. The molecule has 0 fully saturated rings. The molecule has 0 aliphatic carbocycles. The first kappa shape index (κ1) is 15.0. The van der Waals surface area contributed by atoms with E-state index in [4.69, 9.17) is 22.5 Å². The van der Waals surface area contributed by atoms with Crippen LogP contribution in [0.25, 0.3) is 0 Å². The number of nitrogens with one attached hydrogen (secondary N) is 1. The highest BCUT2D eigenvalue weighted by Crippen LogP contribution is 2.23. The highest BCUT2D eigenvalue weighted by atomic mass is 127. The molecule has 1 rings (SSSR count). The number of carbonyl (C=O) groups is 1. The molecule has 7 heteroatoms. The van der Waals surface area contributed by atoms with E-state index >= 15 is 0 Å². The van der Waals surface area contributed by atoms with Crippen LogP contribution in [0.5, 0.6) is 0 Å². The van der Waals surface area contributed by atoms with E-state index in [0.717, 1.165) is 3.57 Å². The van der Waals surface area contributed by atoms with E-state index < -0.39 is 5.92 Å². The van der Waals surface area contributed by atoms with Gasteiger partial charge in [0.2, 0.25) is 5.91 Å². The van der Waals surface area contributed by atoms with Gasteiger partial charge in [-0.3, -0.25) is 4.79 Å². The van der Waals surface area contributed by atoms with Crippen LogP contribution in [0.3, 0.4) is 0 Å². The molecule has 0 aliphatic rings. The largest absolute Gasteiger partial charge is 0.409 e. The first-order chi connectivity index (χ1) is 8.49. The predicted molar refractivity (Wildman–Crippen MR) is 80.0 cm³/mol. The van der Waals surface area contributed by atoms with E-state index in [2.05, 4.69) is 33.1 Å². The fourth-order valence-corrected chi connectivity index (χ4v) is 2.42. The minimum atomic E-state index is -0.651. The Hall–Kier alpha value is -1.02. The molecule has 1 amide bonds. The van der Waals surface area contributed by atoms with Gasteiger partial charge in [0, 0.05) is 8.59 Å². The molecule has 0 aliphatic heterocycles. The van der Waals surface area contributed by atoms with Crippen LogP contribution in [0.15, 0.2) is 23.4 Å². The van der Waals surface area contributed by atoms with Gasteiger partial charge < -0.3 is 16.3 Å². The Balaban J connectivity index is 2.86. The van der Waals surface area contributed by atoms with Gasteiger partial charge in [-0.05, 0) is 47.2 Å². The van der Waals surface area contributed by atoms with Crippen molar-refractivity contribution in [2.75, 3.05) is 5.32 Å². The minimum Gasteiger partial charge on any atom is -0.409 e. The van der Waals surface area contributed by atoms with Gasteiger partial charge in [-0.1, -0.05) is 23.7 Å². The molecule has 4 N–H and O–H groups in total. The Morgan fingerprint density at radius 2 is 2.33 bits per heavy atom. The normalized spacial score (nSPS) is 13.2. The summed E-state index contributed by atoms with van der Waals surface area (Å²) in [4.78, 5) is 12.0. The van der Waals surface area contributed by atoms with Gasteiger partial charge in [-0.25, -0.2) is 0 Å². The Morgan fingerprint density at radius 3 is 2.83 bits per heavy atom. The van der Waals surface area contributed by atoms with Crippen molar-refractivity contribution in [2.45, 2.75) is 13.3 Å². The fraction of sp³-hybridized carbons (Fsp3) is 0.273. The number of nitrogens with zero attached hydrogens (tertiary/aromatic N) is 1. The number of benzene rings is 1. The average Bonchev–Trinajstić information content (AvgIpc) is 2.33. The molecule has 0 saturated carbocycles. The molecule has 0 saturated heterocycles. The van der Waals surface area contributed by atoms with Crippen LogP contribution in [0, 0.1) is 9.49 Å². The third-order valence-corrected chi connectivity index (χ3v) is 3.51. The summed E-state index contributed by atoms with van der Waals surface area (Å²) >= 11 is 7.90. The summed E-state index contributed by atoms with van der Waals surface area (Å²) in [5, 5.41) is 14.8. The average molecular weight is 382 g/mol. The molecule has 0 bridgehead atoms. The summed E-state index contributed by atoms with van der Waals surface area (Å²) in [5.41, 5.74) is 6.11. The summed E-state index contributed by atoms with van der Waals surface area (Å²) < 4.78 is 0.822. The van der Waals surface area contributed by atoms with Crippen molar-refractivity contribution in [3.63, 3.8) is 0 Å². The number of carbonyl (C=O) groups excluding carboxylic acids is 1. The molecule has 0 radical (unpaired) electrons. The number of anilines is 1. The van der Waals surface area contributed by atoms with E-state index in [9.17, 15) is 4.79 Å². The monoisotopic (exact) mass is 381 g/mol. The van der Waals surface area contributed by atoms with Crippen LogP contribution in [-0.4, -0.2) is 17.0 Å². The zero-order valence-corrected chi connectivity index (χ0v) is 12.6. The van der Waals surface area contributed by atoms with Crippen molar-refractivity contribution in [3.05, 3.63) is 26.8 Å². The molecular weight excluding hydrogens is 368 g/mol. The van der Waals surface area contributed by atoms with E-state index in [1.54, 1.807) is 25.1 Å². The second-order valence-electron chi connectivity index (χ2n) is 3.60. The third kappa shape index (κ3) is 3.74. The maximum absolute atomic E-state index is 12.0. The van der Waals surface area contributed by atoms with E-state index in [-0.39, 0.29) is 11.7 Å². The molecule has 1 atom stereocenters. The minimum absolute atomic E-state index is 0.0982. The lowest BCUT2D eigenvalue weighted by Crippen LogP contribution is -2.34. The number of hydrogen-bond donors (Lipinski definition) is 3. The second-order valence-corrected chi connectivity index (χ2v) is 5.20. The smallest absolute Gasteiger partial charge is 0.235 e. The predicted octanol–water partition coefficient (Wildman–Crippen LogP) is 2.66. The maximum Gasteiger partial charge on any atom is 0.235 e. The van der Waals surface area contributed by atoms with Crippen LogP contribution in [-0.2, 0) is 4.79 Å². The number of nitrogens with two attached hydrogens (primary N) is 1. The van der Waals surface area contributed by atoms with Crippen molar-refractivity contribution in [2.24, 2.45) is 16.8 Å². The van der Waals surface area contributed by atoms with Crippen molar-refractivity contribution >= 4 is 51.6 Å². The summed E-state index contributed by atoms with van der Waals surface area (Å²) in [5.74, 6) is -1.06. The number of amidine groups is 1. The number of amides is 1. The Kier molecular flexibility index (Phi) is 5.67. The molecule has 5 nitrogen and oxygen atoms in total. The van der Waals surface area contributed by atoms with Crippen LogP contribution < -0.4 is 11.1 Å². The van der Waals surface area contributed by atoms with Gasteiger partial charge in [0.15, 0.2) is 5.84 Å². The second kappa shape index (κ2) is 6.79. The van der Waals surface area contributed by atoms with E-state index in [1.165, 1.54) is 0 Å². The molecule has 98 valence electrons. The molecular formula is C11H13ClIN3O2. The number of hydrogen-bond acceptors (Lipinski definition) is 3. The van der Waals surface area contributed by atoms with Crippen LogP contribution in [0.4, 0.5) is 5.69 Å². The highest BCUT2D eigenvalue weighted by molar-refractivity contribution is 14.1. The van der Waals surface area contributed by atoms with Crippen LogP contribution >= 0.6 is 34.2 Å². The SMILES string of the molecule is CCC(C(=O)Nc1ccc(Cl)cc1I)/C(N)=N/O. The molecule has 18 heavy (non-hydrogen) atoms. The summed E-state index contributed by atoms with van der Waals surface area (Å²) in [6.45, 7) is 1.79. The quantitative estimate of drug-likeness (QED) is 0.246. The summed E-state index contributed by atoms with van der Waals surface area (Å²) in [6, 6.07) is 5.13. The van der Waals surface area contributed by atoms with Crippen molar-refractivity contribution in [3.8, 4) is 0 Å². The lowest BCUT2D eigenvalue weighted by atomic mass is 10.0. The van der Waals surface area contributed by atoms with Crippen molar-refractivity contribution in [1.29, 1.82) is 0 Å².